The minimum Gasteiger partial charge on any atom is -0.324 e. The summed E-state index contributed by atoms with van der Waals surface area (Å²) < 4.78 is 0. The molecule has 8 heteroatoms. The highest BCUT2D eigenvalue weighted by Gasteiger charge is 2.36. The molecular formula is C18H18N4O3S. The van der Waals surface area contributed by atoms with Crippen LogP contribution < -0.4 is 5.32 Å². The molecule has 0 radical (unpaired) electrons. The molecule has 1 N–H and O–H groups in total. The van der Waals surface area contributed by atoms with Gasteiger partial charge in [-0.25, -0.2) is 9.78 Å². The highest BCUT2D eigenvalue weighted by Crippen LogP contribution is 2.34. The Labute approximate surface area is 154 Å². The van der Waals surface area contributed by atoms with E-state index in [1.54, 1.807) is 17.0 Å². The number of aromatic nitrogens is 2. The Kier molecular flexibility index (Phi) is 4.28. The van der Waals surface area contributed by atoms with Gasteiger partial charge in [0.1, 0.15) is 0 Å². The monoisotopic (exact) mass is 370 g/mol. The van der Waals surface area contributed by atoms with Gasteiger partial charge >= 0.3 is 6.03 Å². The van der Waals surface area contributed by atoms with Gasteiger partial charge in [-0.15, -0.1) is 0 Å². The van der Waals surface area contributed by atoms with Gasteiger partial charge in [0.15, 0.2) is 16.7 Å². The molecule has 7 nitrogen and oxygen atoms in total. The van der Waals surface area contributed by atoms with Crippen LogP contribution in [0.15, 0.2) is 18.3 Å². The summed E-state index contributed by atoms with van der Waals surface area (Å²) in [5, 5.41) is 3.17. The first-order chi connectivity index (χ1) is 12.5. The van der Waals surface area contributed by atoms with Gasteiger partial charge in [-0.1, -0.05) is 11.3 Å². The number of nitrogens with one attached hydrogen (secondary N) is 1. The van der Waals surface area contributed by atoms with Crippen molar-refractivity contribution in [2.45, 2.75) is 26.2 Å². The third-order valence-corrected chi connectivity index (χ3v) is 5.80. The van der Waals surface area contributed by atoms with Gasteiger partial charge in [-0.2, -0.15) is 0 Å². The molecule has 2 aromatic rings. The number of ketones is 2. The van der Waals surface area contributed by atoms with Crippen LogP contribution in [0.25, 0.3) is 0 Å². The lowest BCUT2D eigenvalue weighted by molar-refractivity contribution is 0.0792. The zero-order valence-corrected chi connectivity index (χ0v) is 15.1. The maximum atomic E-state index is 12.8. The molecule has 0 aromatic carbocycles. The van der Waals surface area contributed by atoms with E-state index in [0.717, 1.165) is 36.5 Å². The maximum absolute atomic E-state index is 12.8. The molecule has 1 unspecified atom stereocenters. The molecule has 1 atom stereocenters. The van der Waals surface area contributed by atoms with E-state index in [1.807, 2.05) is 6.92 Å². The first kappa shape index (κ1) is 16.8. The molecule has 1 saturated heterocycles. The number of amides is 2. The van der Waals surface area contributed by atoms with Gasteiger partial charge in [0, 0.05) is 30.5 Å². The van der Waals surface area contributed by atoms with Gasteiger partial charge in [0.2, 0.25) is 0 Å². The van der Waals surface area contributed by atoms with Crippen molar-refractivity contribution in [2.75, 3.05) is 18.4 Å². The van der Waals surface area contributed by atoms with Crippen molar-refractivity contribution in [1.29, 1.82) is 0 Å². The van der Waals surface area contributed by atoms with Crippen molar-refractivity contribution in [2.24, 2.45) is 5.92 Å². The van der Waals surface area contributed by atoms with E-state index in [2.05, 4.69) is 15.3 Å². The lowest BCUT2D eigenvalue weighted by atomic mass is 9.84. The van der Waals surface area contributed by atoms with Gasteiger partial charge in [-0.05, 0) is 38.3 Å². The first-order valence-electron chi connectivity index (χ1n) is 8.59. The Morgan fingerprint density at radius 3 is 2.77 bits per heavy atom. The normalized spacial score (nSPS) is 18.9. The van der Waals surface area contributed by atoms with Crippen molar-refractivity contribution < 1.29 is 14.4 Å². The van der Waals surface area contributed by atoms with Gasteiger partial charge < -0.3 is 4.90 Å². The fraction of sp³-hybridized carbons (Fsp3) is 0.389. The molecule has 2 aromatic heterocycles. The van der Waals surface area contributed by atoms with Gasteiger partial charge in [-0.3, -0.25) is 19.9 Å². The Morgan fingerprint density at radius 2 is 2.12 bits per heavy atom. The number of rotatable bonds is 3. The van der Waals surface area contributed by atoms with E-state index in [0.29, 0.717) is 34.1 Å². The average molecular weight is 370 g/mol. The molecule has 4 rings (SSSR count). The summed E-state index contributed by atoms with van der Waals surface area (Å²) in [5.41, 5.74) is 1.95. The number of aryl methyl sites for hydroxylation is 2. The summed E-state index contributed by atoms with van der Waals surface area (Å²) >= 11 is 1.16. The van der Waals surface area contributed by atoms with E-state index in [4.69, 9.17) is 0 Å². The zero-order valence-electron chi connectivity index (χ0n) is 14.3. The fourth-order valence-corrected chi connectivity index (χ4v) is 4.09. The molecule has 0 saturated carbocycles. The Morgan fingerprint density at radius 1 is 1.31 bits per heavy atom. The number of thiazole rings is 1. The number of nitrogens with zero attached hydrogens (tertiary/aromatic N) is 3. The van der Waals surface area contributed by atoms with E-state index in [-0.39, 0.29) is 17.6 Å². The number of anilines is 1. The van der Waals surface area contributed by atoms with Crippen LogP contribution in [-0.2, 0) is 6.42 Å². The summed E-state index contributed by atoms with van der Waals surface area (Å²) in [7, 11) is 0. The van der Waals surface area contributed by atoms with Crippen LogP contribution in [0.3, 0.4) is 0 Å². The Bertz CT molecular complexity index is 886. The Balaban J connectivity index is 1.51. The second-order valence-electron chi connectivity index (χ2n) is 6.57. The molecule has 2 amide bonds. The molecule has 0 bridgehead atoms. The summed E-state index contributed by atoms with van der Waals surface area (Å²) in [6, 6.07) is 3.29. The number of carbonyl (C=O) groups is 3. The van der Waals surface area contributed by atoms with Crippen molar-refractivity contribution in [3.05, 3.63) is 40.2 Å². The molecular weight excluding hydrogens is 352 g/mol. The van der Waals surface area contributed by atoms with E-state index in [9.17, 15) is 14.4 Å². The summed E-state index contributed by atoms with van der Waals surface area (Å²) in [4.78, 5) is 48.2. The van der Waals surface area contributed by atoms with E-state index >= 15 is 0 Å². The van der Waals surface area contributed by atoms with Crippen molar-refractivity contribution in [3.63, 3.8) is 0 Å². The molecule has 26 heavy (non-hydrogen) atoms. The fourth-order valence-electron chi connectivity index (χ4n) is 3.09. The van der Waals surface area contributed by atoms with Crippen LogP contribution in [0.2, 0.25) is 0 Å². The number of Topliss-reactive ketones (excluding diaryl/α,β-unsaturated/α-hetero) is 2. The molecule has 134 valence electrons. The predicted molar refractivity (Wildman–Crippen MR) is 96.8 cm³/mol. The van der Waals surface area contributed by atoms with Gasteiger partial charge in [0.05, 0.1) is 16.5 Å². The minimum absolute atomic E-state index is 0.187. The second kappa shape index (κ2) is 6.60. The summed E-state index contributed by atoms with van der Waals surface area (Å²) in [6.45, 7) is 3.34. The standard InChI is InChI=1S/C18H18N4O3S/c1-10-3-4-11(9-19-10)14(23)12-5-6-13-16(15(12)24)26-17(20-13)21-18(25)22-7-2-8-22/h3-4,9,12H,2,5-8H2,1H3,(H,20,21,25). The third-order valence-electron chi connectivity index (χ3n) is 4.78. The molecule has 0 spiro atoms. The number of likely N-dealkylation sites (tertiary alicyclic amines) is 1. The topological polar surface area (TPSA) is 92.3 Å². The number of fused-ring (bicyclic) bond motifs is 1. The number of hydrogen-bond acceptors (Lipinski definition) is 6. The van der Waals surface area contributed by atoms with Crippen LogP contribution in [0, 0.1) is 12.8 Å². The highest BCUT2D eigenvalue weighted by atomic mass is 32.1. The largest absolute Gasteiger partial charge is 0.324 e. The lowest BCUT2D eigenvalue weighted by Crippen LogP contribution is -2.44. The van der Waals surface area contributed by atoms with Crippen LogP contribution in [0.1, 0.15) is 44.3 Å². The zero-order chi connectivity index (χ0) is 18.3. The van der Waals surface area contributed by atoms with Crippen LogP contribution in [0.4, 0.5) is 9.93 Å². The highest BCUT2D eigenvalue weighted by molar-refractivity contribution is 7.17. The van der Waals surface area contributed by atoms with Crippen molar-refractivity contribution >= 4 is 34.1 Å². The quantitative estimate of drug-likeness (QED) is 0.662. The molecule has 1 aliphatic heterocycles. The summed E-state index contributed by atoms with van der Waals surface area (Å²) in [5.74, 6) is -1.11. The average Bonchev–Trinajstić information content (AvgIpc) is 2.97. The van der Waals surface area contributed by atoms with Crippen LogP contribution in [-0.4, -0.2) is 45.6 Å². The predicted octanol–water partition coefficient (Wildman–Crippen LogP) is 2.71. The third kappa shape index (κ3) is 3.01. The van der Waals surface area contributed by atoms with Crippen molar-refractivity contribution in [1.82, 2.24) is 14.9 Å². The number of carbonyl (C=O) groups excluding carboxylic acids is 3. The second-order valence-corrected chi connectivity index (χ2v) is 7.57. The molecule has 1 aliphatic carbocycles. The molecule has 3 heterocycles. The van der Waals surface area contributed by atoms with Crippen LogP contribution >= 0.6 is 11.3 Å². The SMILES string of the molecule is Cc1ccc(C(=O)C2CCc3nc(NC(=O)N4CCC4)sc3C2=O)cn1. The minimum atomic E-state index is -0.702. The maximum Gasteiger partial charge on any atom is 0.323 e. The molecule has 1 fully saturated rings. The van der Waals surface area contributed by atoms with Crippen LogP contribution in [0.5, 0.6) is 0 Å². The van der Waals surface area contributed by atoms with Crippen molar-refractivity contribution in [3.8, 4) is 0 Å². The number of pyridine rings is 1. The van der Waals surface area contributed by atoms with Gasteiger partial charge in [0.25, 0.3) is 0 Å². The summed E-state index contributed by atoms with van der Waals surface area (Å²) in [6.07, 6.45) is 3.51. The first-order valence-corrected chi connectivity index (χ1v) is 9.41. The number of urea groups is 1. The lowest BCUT2D eigenvalue weighted by Gasteiger charge is -2.30. The van der Waals surface area contributed by atoms with E-state index in [1.165, 1.54) is 6.20 Å². The number of hydrogen-bond donors (Lipinski definition) is 1. The Hall–Kier alpha value is -2.61. The smallest absolute Gasteiger partial charge is 0.323 e. The molecule has 2 aliphatic rings. The van der Waals surface area contributed by atoms with E-state index < -0.39 is 5.92 Å².